The van der Waals surface area contributed by atoms with E-state index in [1.807, 2.05) is 42.5 Å². The summed E-state index contributed by atoms with van der Waals surface area (Å²) >= 11 is 0. The second kappa shape index (κ2) is 11.8. The number of allylic oxidation sites excluding steroid dienone is 4. The molecule has 0 atom stereocenters. The van der Waals surface area contributed by atoms with Crippen molar-refractivity contribution in [2.45, 2.75) is 6.42 Å². The van der Waals surface area contributed by atoms with Crippen molar-refractivity contribution < 1.29 is 4.42 Å². The number of hydrogen-bond donors (Lipinski definition) is 0. The van der Waals surface area contributed by atoms with Crippen LogP contribution in [0.25, 0.3) is 33.3 Å². The summed E-state index contributed by atoms with van der Waals surface area (Å²) in [6.07, 6.45) is 9.24. The van der Waals surface area contributed by atoms with Crippen LogP contribution in [0.15, 0.2) is 181 Å². The molecule has 0 N–H and O–H groups in total. The van der Waals surface area contributed by atoms with E-state index in [0.717, 1.165) is 68.0 Å². The summed E-state index contributed by atoms with van der Waals surface area (Å²) in [5, 5.41) is 2.15. The number of aromatic nitrogens is 1. The Hall–Kier alpha value is -6.13. The highest BCUT2D eigenvalue weighted by Gasteiger charge is 2.21. The van der Waals surface area contributed by atoms with E-state index in [0.29, 0.717) is 5.89 Å². The van der Waals surface area contributed by atoms with Crippen LogP contribution in [0.3, 0.4) is 0 Å². The van der Waals surface area contributed by atoms with Crippen LogP contribution in [0.2, 0.25) is 0 Å². The van der Waals surface area contributed by atoms with Gasteiger partial charge in [-0.2, -0.15) is 0 Å². The molecule has 7 aromatic rings. The molecule has 0 saturated carbocycles. The van der Waals surface area contributed by atoms with Crippen LogP contribution < -0.4 is 9.80 Å². The largest absolute Gasteiger partial charge is 0.436 e. The standard InChI is InChI=1S/C42H31N3O/c1-30-14-6-2-7-15-31-22-24-37(29-39(31)44(30)34-18-10-4-11-19-34)45(35-20-12-5-13-21-35)36-25-26-38-33(28-36)23-27-40-41(38)43-42(46-40)32-16-8-3-9-17-32/h2-14,16-29H,1,15H2/b7-2-,14-6-. The lowest BCUT2D eigenvalue weighted by molar-refractivity contribution is 0.620. The number of rotatable bonds is 5. The molecule has 6 aromatic carbocycles. The maximum absolute atomic E-state index is 6.17. The van der Waals surface area contributed by atoms with Crippen LogP contribution in [0.5, 0.6) is 0 Å². The third kappa shape index (κ3) is 5.06. The molecule has 0 fully saturated rings. The third-order valence-corrected chi connectivity index (χ3v) is 8.39. The maximum Gasteiger partial charge on any atom is 0.227 e. The van der Waals surface area contributed by atoms with Gasteiger partial charge in [-0.3, -0.25) is 0 Å². The molecule has 4 nitrogen and oxygen atoms in total. The first-order chi connectivity index (χ1) is 22.7. The molecule has 1 aliphatic heterocycles. The minimum absolute atomic E-state index is 0.629. The van der Waals surface area contributed by atoms with Crippen LogP contribution in [0.1, 0.15) is 5.56 Å². The lowest BCUT2D eigenvalue weighted by Crippen LogP contribution is -2.17. The number of oxazole rings is 1. The average molecular weight is 594 g/mol. The SMILES string of the molecule is C=C1/C=C\C=C/Cc2ccc(N(c3ccccc3)c3ccc4c(ccc5oc(-c6ccccc6)nc54)c3)cc2N1c1ccccc1. The van der Waals surface area contributed by atoms with Gasteiger partial charge in [-0.25, -0.2) is 4.98 Å². The van der Waals surface area contributed by atoms with Gasteiger partial charge in [0.2, 0.25) is 5.89 Å². The van der Waals surface area contributed by atoms with Crippen molar-refractivity contribution in [1.82, 2.24) is 4.98 Å². The zero-order valence-electron chi connectivity index (χ0n) is 25.3. The second-order valence-corrected chi connectivity index (χ2v) is 11.3. The van der Waals surface area contributed by atoms with Gasteiger partial charge in [0.25, 0.3) is 0 Å². The van der Waals surface area contributed by atoms with Gasteiger partial charge in [0, 0.05) is 39.4 Å². The molecule has 0 radical (unpaired) electrons. The summed E-state index contributed by atoms with van der Waals surface area (Å²) < 4.78 is 6.17. The van der Waals surface area contributed by atoms with Gasteiger partial charge >= 0.3 is 0 Å². The maximum atomic E-state index is 6.17. The molecule has 0 aliphatic carbocycles. The molecule has 46 heavy (non-hydrogen) atoms. The highest BCUT2D eigenvalue weighted by molar-refractivity contribution is 6.05. The first-order valence-corrected chi connectivity index (χ1v) is 15.5. The van der Waals surface area contributed by atoms with Crippen LogP contribution in [0, 0.1) is 0 Å². The quantitative estimate of drug-likeness (QED) is 0.199. The van der Waals surface area contributed by atoms with Gasteiger partial charge in [-0.05, 0) is 96.2 Å². The van der Waals surface area contributed by atoms with Gasteiger partial charge in [0.15, 0.2) is 5.58 Å². The Kier molecular flexibility index (Phi) is 7.01. The Labute approximate surface area is 268 Å². The lowest BCUT2D eigenvalue weighted by Gasteiger charge is -2.31. The van der Waals surface area contributed by atoms with E-state index in [-0.39, 0.29) is 0 Å². The number of benzene rings is 6. The van der Waals surface area contributed by atoms with Gasteiger partial charge in [-0.1, -0.05) is 91.5 Å². The molecule has 0 amide bonds. The highest BCUT2D eigenvalue weighted by atomic mass is 16.3. The van der Waals surface area contributed by atoms with Crippen LogP contribution >= 0.6 is 0 Å². The first kappa shape index (κ1) is 27.4. The summed E-state index contributed by atoms with van der Waals surface area (Å²) in [7, 11) is 0. The fraction of sp³-hybridized carbons (Fsp3) is 0.0238. The van der Waals surface area contributed by atoms with Crippen molar-refractivity contribution in [2.75, 3.05) is 9.80 Å². The molecule has 0 unspecified atom stereocenters. The normalized spacial score (nSPS) is 14.3. The van der Waals surface area contributed by atoms with Crippen LogP contribution in [0.4, 0.5) is 28.4 Å². The van der Waals surface area contributed by atoms with E-state index >= 15 is 0 Å². The van der Waals surface area contributed by atoms with E-state index in [1.165, 1.54) is 5.56 Å². The van der Waals surface area contributed by atoms with E-state index in [2.05, 4.69) is 138 Å². The molecular weight excluding hydrogens is 562 g/mol. The van der Waals surface area contributed by atoms with E-state index in [1.54, 1.807) is 0 Å². The Bertz CT molecular complexity index is 2250. The van der Waals surface area contributed by atoms with Gasteiger partial charge < -0.3 is 14.2 Å². The van der Waals surface area contributed by atoms with Crippen LogP contribution in [-0.4, -0.2) is 4.98 Å². The Balaban J connectivity index is 1.28. The smallest absolute Gasteiger partial charge is 0.227 e. The number of hydrogen-bond acceptors (Lipinski definition) is 4. The molecule has 220 valence electrons. The van der Waals surface area contributed by atoms with Crippen molar-refractivity contribution >= 4 is 50.3 Å². The number of anilines is 5. The van der Waals surface area contributed by atoms with Crippen molar-refractivity contribution in [3.05, 3.63) is 182 Å². The number of nitrogens with zero attached hydrogens (tertiary/aromatic N) is 3. The molecule has 1 aromatic heterocycles. The third-order valence-electron chi connectivity index (χ3n) is 8.39. The second-order valence-electron chi connectivity index (χ2n) is 11.3. The van der Waals surface area contributed by atoms with Crippen molar-refractivity contribution in [1.29, 1.82) is 0 Å². The molecule has 1 aliphatic rings. The molecule has 8 rings (SSSR count). The van der Waals surface area contributed by atoms with Crippen molar-refractivity contribution in [3.63, 3.8) is 0 Å². The molecule has 0 bridgehead atoms. The first-order valence-electron chi connectivity index (χ1n) is 15.5. The predicted octanol–water partition coefficient (Wildman–Crippen LogP) is 11.4. The number of fused-ring (bicyclic) bond motifs is 4. The monoisotopic (exact) mass is 593 g/mol. The summed E-state index contributed by atoms with van der Waals surface area (Å²) in [5.74, 6) is 0.629. The lowest BCUT2D eigenvalue weighted by atomic mass is 10.0. The van der Waals surface area contributed by atoms with E-state index in [4.69, 9.17) is 9.40 Å². The molecule has 0 spiro atoms. The molecular formula is C42H31N3O. The minimum atomic E-state index is 0.629. The topological polar surface area (TPSA) is 32.5 Å². The molecule has 2 heterocycles. The summed E-state index contributed by atoms with van der Waals surface area (Å²) in [6, 6.07) is 48.5. The highest BCUT2D eigenvalue weighted by Crippen LogP contribution is 2.42. The van der Waals surface area contributed by atoms with Crippen molar-refractivity contribution in [2.24, 2.45) is 0 Å². The predicted molar refractivity (Wildman–Crippen MR) is 191 cm³/mol. The van der Waals surface area contributed by atoms with Gasteiger partial charge in [-0.15, -0.1) is 0 Å². The van der Waals surface area contributed by atoms with E-state index in [9.17, 15) is 0 Å². The van der Waals surface area contributed by atoms with Crippen LogP contribution in [-0.2, 0) is 6.42 Å². The Morgan fingerprint density at radius 2 is 1.39 bits per heavy atom. The minimum Gasteiger partial charge on any atom is -0.436 e. The summed E-state index contributed by atoms with van der Waals surface area (Å²) in [6.45, 7) is 4.46. The van der Waals surface area contributed by atoms with Gasteiger partial charge in [0.05, 0.1) is 5.69 Å². The summed E-state index contributed by atoms with van der Waals surface area (Å²) in [5.41, 5.74) is 10.1. The average Bonchev–Trinajstić information content (AvgIpc) is 3.58. The molecule has 0 saturated heterocycles. The fourth-order valence-electron chi connectivity index (χ4n) is 6.20. The zero-order chi connectivity index (χ0) is 30.9. The molecule has 4 heteroatoms. The van der Waals surface area contributed by atoms with E-state index < -0.39 is 0 Å². The number of para-hydroxylation sites is 2. The fourth-order valence-corrected chi connectivity index (χ4v) is 6.20. The summed E-state index contributed by atoms with van der Waals surface area (Å²) in [4.78, 5) is 9.47. The zero-order valence-corrected chi connectivity index (χ0v) is 25.3. The van der Waals surface area contributed by atoms with Crippen molar-refractivity contribution in [3.8, 4) is 11.5 Å². The Morgan fingerprint density at radius 1 is 0.674 bits per heavy atom. The van der Waals surface area contributed by atoms with Gasteiger partial charge in [0.1, 0.15) is 5.52 Å². The Morgan fingerprint density at radius 3 is 2.20 bits per heavy atom.